The summed E-state index contributed by atoms with van der Waals surface area (Å²) in [7, 11) is 0. The van der Waals surface area contributed by atoms with E-state index in [1.807, 2.05) is 36.7 Å². The van der Waals surface area contributed by atoms with Crippen LogP contribution in [-0.4, -0.2) is 46.3 Å². The first-order chi connectivity index (χ1) is 11.4. The number of pyridine rings is 2. The van der Waals surface area contributed by atoms with Crippen molar-refractivity contribution in [2.75, 3.05) is 13.2 Å². The average Bonchev–Trinajstić information content (AvgIpc) is 2.95. The van der Waals surface area contributed by atoms with Crippen LogP contribution in [0, 0.1) is 0 Å². The third-order valence-electron chi connectivity index (χ3n) is 4.60. The molecule has 2 aromatic rings. The fourth-order valence-corrected chi connectivity index (χ4v) is 3.59. The molecule has 0 aromatic carbocycles. The Bertz CT molecular complexity index is 567. The van der Waals surface area contributed by atoms with Crippen molar-refractivity contribution in [1.29, 1.82) is 0 Å². The monoisotopic (exact) mass is 311 g/mol. The second-order valence-corrected chi connectivity index (χ2v) is 6.16. The van der Waals surface area contributed by atoms with E-state index < -0.39 is 0 Å². The van der Waals surface area contributed by atoms with Gasteiger partial charge in [0.2, 0.25) is 5.88 Å². The van der Waals surface area contributed by atoms with Gasteiger partial charge in [0.05, 0.1) is 0 Å². The number of ether oxygens (including phenoxy) is 2. The Balaban J connectivity index is 1.50. The van der Waals surface area contributed by atoms with E-state index in [9.17, 15) is 0 Å². The molecule has 2 aliphatic heterocycles. The normalized spacial score (nSPS) is 27.6. The van der Waals surface area contributed by atoms with Crippen LogP contribution in [0.25, 0.3) is 0 Å². The highest BCUT2D eigenvalue weighted by Crippen LogP contribution is 2.32. The predicted molar refractivity (Wildman–Crippen MR) is 86.1 cm³/mol. The summed E-state index contributed by atoms with van der Waals surface area (Å²) in [5, 5.41) is 0. The van der Waals surface area contributed by atoms with Crippen LogP contribution in [0.1, 0.15) is 18.4 Å². The van der Waals surface area contributed by atoms with E-state index in [4.69, 9.17) is 9.47 Å². The van der Waals surface area contributed by atoms with Crippen molar-refractivity contribution in [2.24, 2.45) is 0 Å². The molecule has 2 saturated heterocycles. The lowest BCUT2D eigenvalue weighted by Crippen LogP contribution is -2.42. The van der Waals surface area contributed by atoms with E-state index in [0.717, 1.165) is 32.5 Å². The first-order valence-corrected chi connectivity index (χ1v) is 8.22. The maximum absolute atomic E-state index is 6.12. The van der Waals surface area contributed by atoms with E-state index >= 15 is 0 Å². The molecule has 0 amide bonds. The molecule has 5 heteroatoms. The quantitative estimate of drug-likeness (QED) is 0.867. The molecular weight excluding hydrogens is 290 g/mol. The lowest BCUT2D eigenvalue weighted by atomic mass is 10.0. The predicted octanol–water partition coefficient (Wildman–Crippen LogP) is 2.29. The highest BCUT2D eigenvalue weighted by Gasteiger charge is 2.45. The van der Waals surface area contributed by atoms with E-state index in [2.05, 4.69) is 20.9 Å². The van der Waals surface area contributed by atoms with E-state index in [0.29, 0.717) is 11.9 Å². The molecule has 2 aliphatic rings. The Labute approximate surface area is 136 Å². The first kappa shape index (κ1) is 14.6. The summed E-state index contributed by atoms with van der Waals surface area (Å²) in [4.78, 5) is 11.0. The molecule has 0 bridgehead atoms. The molecule has 2 fully saturated rings. The van der Waals surface area contributed by atoms with Crippen LogP contribution in [-0.2, 0) is 11.3 Å². The molecule has 23 heavy (non-hydrogen) atoms. The number of likely N-dealkylation sites (tertiary alicyclic amines) is 1. The van der Waals surface area contributed by atoms with Gasteiger partial charge in [0.25, 0.3) is 0 Å². The molecule has 0 spiro atoms. The molecule has 0 radical (unpaired) electrons. The fraction of sp³-hybridized carbons (Fsp3) is 0.444. The highest BCUT2D eigenvalue weighted by atomic mass is 16.5. The summed E-state index contributed by atoms with van der Waals surface area (Å²) in [5.41, 5.74) is 1.23. The second-order valence-electron chi connectivity index (χ2n) is 6.16. The third-order valence-corrected chi connectivity index (χ3v) is 4.60. The van der Waals surface area contributed by atoms with Crippen LogP contribution in [0.3, 0.4) is 0 Å². The fourth-order valence-electron chi connectivity index (χ4n) is 3.59. The van der Waals surface area contributed by atoms with Gasteiger partial charge in [-0.3, -0.25) is 9.88 Å². The summed E-state index contributed by atoms with van der Waals surface area (Å²) in [6.07, 6.45) is 7.94. The van der Waals surface area contributed by atoms with Crippen molar-refractivity contribution in [3.05, 3.63) is 54.5 Å². The second kappa shape index (κ2) is 6.64. The highest BCUT2D eigenvalue weighted by molar-refractivity contribution is 5.13. The average molecular weight is 311 g/mol. The molecule has 3 atom stereocenters. The van der Waals surface area contributed by atoms with E-state index in [1.165, 1.54) is 5.56 Å². The van der Waals surface area contributed by atoms with Gasteiger partial charge < -0.3 is 9.47 Å². The van der Waals surface area contributed by atoms with Gasteiger partial charge in [0, 0.05) is 50.4 Å². The molecule has 0 saturated carbocycles. The zero-order valence-corrected chi connectivity index (χ0v) is 13.0. The maximum atomic E-state index is 6.12. The van der Waals surface area contributed by atoms with Gasteiger partial charge in [-0.25, -0.2) is 4.98 Å². The van der Waals surface area contributed by atoms with Gasteiger partial charge in [-0.05, 0) is 30.5 Å². The van der Waals surface area contributed by atoms with Gasteiger partial charge in [-0.15, -0.1) is 0 Å². The minimum atomic E-state index is 0.0341. The van der Waals surface area contributed by atoms with Crippen molar-refractivity contribution in [3.8, 4) is 5.88 Å². The zero-order chi connectivity index (χ0) is 15.5. The van der Waals surface area contributed by atoms with Gasteiger partial charge >= 0.3 is 0 Å². The van der Waals surface area contributed by atoms with Crippen LogP contribution < -0.4 is 4.74 Å². The topological polar surface area (TPSA) is 47.5 Å². The molecule has 4 heterocycles. The minimum absolute atomic E-state index is 0.0341. The molecule has 4 rings (SSSR count). The summed E-state index contributed by atoms with van der Waals surface area (Å²) >= 11 is 0. The van der Waals surface area contributed by atoms with Crippen LogP contribution in [0.2, 0.25) is 0 Å². The summed E-state index contributed by atoms with van der Waals surface area (Å²) in [6.45, 7) is 2.57. The Kier molecular flexibility index (Phi) is 4.22. The number of hydrogen-bond donors (Lipinski definition) is 0. The van der Waals surface area contributed by atoms with Crippen molar-refractivity contribution >= 4 is 0 Å². The Morgan fingerprint density at radius 1 is 1.22 bits per heavy atom. The molecule has 2 aromatic heterocycles. The molecule has 5 nitrogen and oxygen atoms in total. The molecular formula is C18H21N3O2. The standard InChI is InChI=1S/C18H21N3O2/c1-2-9-20-17(7-1)23-16-13-21(12-14-5-3-8-19-11-14)15-6-4-10-22-18(15)16/h1-3,5,7-9,11,15-16,18H,4,6,10,12-13H2/t15-,16+,18+/m0/s1. The lowest BCUT2D eigenvalue weighted by molar-refractivity contribution is -0.0479. The molecule has 0 unspecified atom stereocenters. The third kappa shape index (κ3) is 3.21. The maximum Gasteiger partial charge on any atom is 0.213 e. The van der Waals surface area contributed by atoms with Crippen LogP contribution in [0.4, 0.5) is 0 Å². The number of nitrogens with zero attached hydrogens (tertiary/aromatic N) is 3. The van der Waals surface area contributed by atoms with E-state index in [1.54, 1.807) is 6.20 Å². The number of aromatic nitrogens is 2. The van der Waals surface area contributed by atoms with Crippen molar-refractivity contribution in [1.82, 2.24) is 14.9 Å². The summed E-state index contributed by atoms with van der Waals surface area (Å²) < 4.78 is 12.2. The SMILES string of the molecule is c1ccc(O[C@@H]2CN(Cc3cccnc3)[C@H]3CCCO[C@@H]23)nc1. The van der Waals surface area contributed by atoms with Crippen LogP contribution >= 0.6 is 0 Å². The van der Waals surface area contributed by atoms with Gasteiger partial charge in [0.15, 0.2) is 0 Å². The van der Waals surface area contributed by atoms with Crippen LogP contribution in [0.15, 0.2) is 48.9 Å². The first-order valence-electron chi connectivity index (χ1n) is 8.22. The number of fused-ring (bicyclic) bond motifs is 1. The Hall–Kier alpha value is -1.98. The lowest BCUT2D eigenvalue weighted by Gasteiger charge is -2.32. The molecule has 0 aliphatic carbocycles. The van der Waals surface area contributed by atoms with Crippen molar-refractivity contribution < 1.29 is 9.47 Å². The Morgan fingerprint density at radius 3 is 3.04 bits per heavy atom. The smallest absolute Gasteiger partial charge is 0.213 e. The largest absolute Gasteiger partial charge is 0.470 e. The molecule has 0 N–H and O–H groups in total. The van der Waals surface area contributed by atoms with Crippen LogP contribution in [0.5, 0.6) is 5.88 Å². The number of rotatable bonds is 4. The summed E-state index contributed by atoms with van der Waals surface area (Å²) in [5.74, 6) is 0.675. The number of hydrogen-bond acceptors (Lipinski definition) is 5. The van der Waals surface area contributed by atoms with Gasteiger partial charge in [-0.2, -0.15) is 0 Å². The zero-order valence-electron chi connectivity index (χ0n) is 13.0. The van der Waals surface area contributed by atoms with Crippen molar-refractivity contribution in [3.63, 3.8) is 0 Å². The summed E-state index contributed by atoms with van der Waals surface area (Å²) in [6, 6.07) is 10.3. The van der Waals surface area contributed by atoms with E-state index in [-0.39, 0.29) is 12.2 Å². The van der Waals surface area contributed by atoms with Crippen molar-refractivity contribution in [2.45, 2.75) is 37.6 Å². The minimum Gasteiger partial charge on any atom is -0.470 e. The van der Waals surface area contributed by atoms with Gasteiger partial charge in [0.1, 0.15) is 12.2 Å². The Morgan fingerprint density at radius 2 is 2.22 bits per heavy atom. The van der Waals surface area contributed by atoms with Gasteiger partial charge in [-0.1, -0.05) is 12.1 Å². The molecule has 120 valence electrons.